The molecule has 0 fully saturated rings. The second-order valence-electron chi connectivity index (χ2n) is 3.50. The summed E-state index contributed by atoms with van der Waals surface area (Å²) in [6, 6.07) is 6.93. The van der Waals surface area contributed by atoms with E-state index in [-0.39, 0.29) is 30.2 Å². The molecular weight excluding hydrogens is 251 g/mol. The van der Waals surface area contributed by atoms with Crippen molar-refractivity contribution in [2.24, 2.45) is 5.73 Å². The highest BCUT2D eigenvalue weighted by atomic mass is 32.2. The summed E-state index contributed by atoms with van der Waals surface area (Å²) in [6.45, 7) is 1.85. The fraction of sp³-hybridized carbons (Fsp3) is 0.455. The van der Waals surface area contributed by atoms with E-state index in [1.165, 1.54) is 0 Å². The fourth-order valence-corrected chi connectivity index (χ4v) is 1.60. The molecule has 0 radical (unpaired) electrons. The first-order valence-corrected chi connectivity index (χ1v) is 6.06. The molecule has 0 aliphatic rings. The molecule has 1 rings (SSSR count). The molecule has 0 aromatic heterocycles. The summed E-state index contributed by atoms with van der Waals surface area (Å²) in [7, 11) is 0. The van der Waals surface area contributed by atoms with Crippen LogP contribution in [0.5, 0.6) is 5.75 Å². The molecule has 96 valence electrons. The minimum absolute atomic E-state index is 0.0204. The summed E-state index contributed by atoms with van der Waals surface area (Å²) in [6.07, 6.45) is 0. The molecule has 0 heterocycles. The van der Waals surface area contributed by atoms with Crippen LogP contribution in [0.4, 0.5) is 13.2 Å². The first kappa shape index (κ1) is 14.2. The Kier molecular flexibility index (Phi) is 5.14. The molecule has 1 aromatic rings. The molecule has 2 N–H and O–H groups in total. The molecule has 1 unspecified atom stereocenters. The van der Waals surface area contributed by atoms with Gasteiger partial charge < -0.3 is 10.5 Å². The second kappa shape index (κ2) is 6.16. The molecule has 17 heavy (non-hydrogen) atoms. The van der Waals surface area contributed by atoms with Gasteiger partial charge in [-0.05, 0) is 36.4 Å². The number of ether oxygens (including phenoxy) is 1. The van der Waals surface area contributed by atoms with Gasteiger partial charge in [0.05, 0.1) is 6.61 Å². The van der Waals surface area contributed by atoms with Crippen LogP contribution in [0.25, 0.3) is 0 Å². The smallest absolute Gasteiger partial charge is 0.441 e. The van der Waals surface area contributed by atoms with E-state index in [1.807, 2.05) is 13.0 Å². The molecule has 0 amide bonds. The average Bonchev–Trinajstić information content (AvgIpc) is 2.23. The predicted molar refractivity (Wildman–Crippen MR) is 63.1 cm³/mol. The number of halogens is 3. The summed E-state index contributed by atoms with van der Waals surface area (Å²) in [5.41, 5.74) is 2.38. The summed E-state index contributed by atoms with van der Waals surface area (Å²) in [4.78, 5) is 0. The summed E-state index contributed by atoms with van der Waals surface area (Å²) < 4.78 is 40.7. The monoisotopic (exact) mass is 265 g/mol. The van der Waals surface area contributed by atoms with E-state index in [9.17, 15) is 13.2 Å². The lowest BCUT2D eigenvalue weighted by molar-refractivity contribution is -0.0329. The molecule has 1 atom stereocenters. The average molecular weight is 265 g/mol. The van der Waals surface area contributed by atoms with Crippen molar-refractivity contribution in [1.82, 2.24) is 0 Å². The van der Waals surface area contributed by atoms with Crippen LogP contribution >= 0.6 is 11.8 Å². The van der Waals surface area contributed by atoms with Crippen LogP contribution in [-0.4, -0.2) is 17.9 Å². The lowest BCUT2D eigenvalue weighted by Gasteiger charge is -2.10. The maximum atomic E-state index is 11.8. The van der Waals surface area contributed by atoms with Crippen molar-refractivity contribution in [1.29, 1.82) is 0 Å². The number of nitrogens with two attached hydrogens (primary N) is 1. The van der Waals surface area contributed by atoms with Crippen LogP contribution in [-0.2, 0) is 0 Å². The highest BCUT2D eigenvalue weighted by Gasteiger charge is 2.27. The molecule has 0 saturated carbocycles. The van der Waals surface area contributed by atoms with Crippen molar-refractivity contribution < 1.29 is 17.9 Å². The molecule has 1 aromatic carbocycles. The van der Waals surface area contributed by atoms with Gasteiger partial charge in [-0.25, -0.2) is 0 Å². The van der Waals surface area contributed by atoms with Crippen molar-refractivity contribution in [2.75, 3.05) is 12.4 Å². The number of benzene rings is 1. The first-order valence-electron chi connectivity index (χ1n) is 5.07. The zero-order chi connectivity index (χ0) is 12.9. The van der Waals surface area contributed by atoms with Crippen molar-refractivity contribution in [3.05, 3.63) is 29.8 Å². The maximum absolute atomic E-state index is 11.8. The number of thioether (sulfide) groups is 1. The van der Waals surface area contributed by atoms with E-state index in [2.05, 4.69) is 0 Å². The van der Waals surface area contributed by atoms with Crippen LogP contribution in [0.15, 0.2) is 24.3 Å². The number of hydrogen-bond donors (Lipinski definition) is 1. The van der Waals surface area contributed by atoms with E-state index >= 15 is 0 Å². The fourth-order valence-electron chi connectivity index (χ4n) is 1.20. The molecule has 6 heteroatoms. The van der Waals surface area contributed by atoms with Crippen molar-refractivity contribution in [2.45, 2.75) is 18.5 Å². The highest BCUT2D eigenvalue weighted by Crippen LogP contribution is 2.29. The number of hydrogen-bond acceptors (Lipinski definition) is 3. The molecule has 0 saturated heterocycles. The Morgan fingerprint density at radius 3 is 2.71 bits per heavy atom. The quantitative estimate of drug-likeness (QED) is 0.829. The predicted octanol–water partition coefficient (Wildman–Crippen LogP) is 3.34. The van der Waals surface area contributed by atoms with E-state index in [1.54, 1.807) is 18.2 Å². The van der Waals surface area contributed by atoms with Crippen LogP contribution in [0.1, 0.15) is 18.5 Å². The van der Waals surface area contributed by atoms with Gasteiger partial charge in [0.25, 0.3) is 0 Å². The minimum Gasteiger partial charge on any atom is -0.493 e. The Morgan fingerprint density at radius 1 is 1.41 bits per heavy atom. The van der Waals surface area contributed by atoms with Crippen molar-refractivity contribution in [3.63, 3.8) is 0 Å². The van der Waals surface area contributed by atoms with Crippen molar-refractivity contribution >= 4 is 11.8 Å². The summed E-state index contributed by atoms with van der Waals surface area (Å²) in [5, 5.41) is 0. The van der Waals surface area contributed by atoms with E-state index in [0.717, 1.165) is 5.56 Å². The first-order chi connectivity index (χ1) is 7.88. The van der Waals surface area contributed by atoms with Gasteiger partial charge in [0.1, 0.15) is 5.75 Å². The van der Waals surface area contributed by atoms with Crippen LogP contribution in [0.2, 0.25) is 0 Å². The molecule has 2 nitrogen and oxygen atoms in total. The summed E-state index contributed by atoms with van der Waals surface area (Å²) >= 11 is -0.0864. The van der Waals surface area contributed by atoms with Gasteiger partial charge in [0, 0.05) is 11.8 Å². The van der Waals surface area contributed by atoms with Gasteiger partial charge in [-0.1, -0.05) is 12.1 Å². The second-order valence-corrected chi connectivity index (χ2v) is 4.66. The lowest BCUT2D eigenvalue weighted by atomic mass is 10.1. The highest BCUT2D eigenvalue weighted by molar-refractivity contribution is 8.00. The Labute approximate surface area is 102 Å². The van der Waals surface area contributed by atoms with Gasteiger partial charge in [-0.3, -0.25) is 0 Å². The zero-order valence-corrected chi connectivity index (χ0v) is 10.1. The van der Waals surface area contributed by atoms with Gasteiger partial charge in [-0.2, -0.15) is 13.2 Å². The molecular formula is C11H14F3NOS. The van der Waals surface area contributed by atoms with E-state index < -0.39 is 5.51 Å². The molecule has 0 bridgehead atoms. The third-order valence-corrected chi connectivity index (χ3v) is 2.70. The standard InChI is InChI=1S/C11H14F3NOS/c1-8(15)9-3-2-4-10(7-9)16-5-6-17-11(12,13)14/h2-4,7-8H,5-6,15H2,1H3. The number of rotatable bonds is 5. The van der Waals surface area contributed by atoms with E-state index in [0.29, 0.717) is 5.75 Å². The van der Waals surface area contributed by atoms with Gasteiger partial charge in [0.15, 0.2) is 0 Å². The minimum atomic E-state index is -4.20. The van der Waals surface area contributed by atoms with Gasteiger partial charge in [0.2, 0.25) is 0 Å². The lowest BCUT2D eigenvalue weighted by Crippen LogP contribution is -2.08. The SMILES string of the molecule is CC(N)c1cccc(OCCSC(F)(F)F)c1. The van der Waals surface area contributed by atoms with E-state index in [4.69, 9.17) is 10.5 Å². The Bertz CT molecular complexity index is 355. The van der Waals surface area contributed by atoms with Crippen molar-refractivity contribution in [3.8, 4) is 5.75 Å². The third kappa shape index (κ3) is 5.83. The van der Waals surface area contributed by atoms with Gasteiger partial charge in [-0.15, -0.1) is 0 Å². The molecule has 0 spiro atoms. The Morgan fingerprint density at radius 2 is 2.12 bits per heavy atom. The number of alkyl halides is 3. The third-order valence-electron chi connectivity index (χ3n) is 2.00. The maximum Gasteiger partial charge on any atom is 0.441 e. The molecule has 0 aliphatic carbocycles. The largest absolute Gasteiger partial charge is 0.493 e. The summed E-state index contributed by atoms with van der Waals surface area (Å²) in [5.74, 6) is 0.425. The van der Waals surface area contributed by atoms with Crippen LogP contribution < -0.4 is 10.5 Å². The zero-order valence-electron chi connectivity index (χ0n) is 9.33. The van der Waals surface area contributed by atoms with Gasteiger partial charge >= 0.3 is 5.51 Å². The Hall–Kier alpha value is -0.880. The Balaban J connectivity index is 2.39. The molecule has 0 aliphatic heterocycles. The van der Waals surface area contributed by atoms with Crippen LogP contribution in [0.3, 0.4) is 0 Å². The normalized spacial score (nSPS) is 13.5. The topological polar surface area (TPSA) is 35.2 Å². The van der Waals surface area contributed by atoms with Crippen LogP contribution in [0, 0.1) is 0 Å².